The van der Waals surface area contributed by atoms with E-state index in [0.717, 1.165) is 0 Å². The van der Waals surface area contributed by atoms with E-state index >= 15 is 0 Å². The monoisotopic (exact) mass is 368 g/mol. The molecule has 3 aromatic rings. The van der Waals surface area contributed by atoms with Crippen LogP contribution in [-0.2, 0) is 9.53 Å². The summed E-state index contributed by atoms with van der Waals surface area (Å²) in [6.07, 6.45) is -0.223. The summed E-state index contributed by atoms with van der Waals surface area (Å²) in [4.78, 5) is 35.5. The first-order valence-electron chi connectivity index (χ1n) is 8.07. The Labute approximate surface area is 153 Å². The number of benzene rings is 2. The molecule has 0 unspecified atom stereocenters. The third-order valence-electron chi connectivity index (χ3n) is 4.33. The predicted molar refractivity (Wildman–Crippen MR) is 96.0 cm³/mol. The smallest absolute Gasteiger partial charge is 0.343 e. The van der Waals surface area contributed by atoms with Gasteiger partial charge in [-0.2, -0.15) is 0 Å². The number of carbonyl (C=O) groups is 2. The first kappa shape index (κ1) is 18.2. The van der Waals surface area contributed by atoms with Gasteiger partial charge in [0, 0.05) is 5.92 Å². The number of aromatic hydroxyl groups is 1. The number of carbonyl (C=O) groups excluding carboxylic acids is 1. The van der Waals surface area contributed by atoms with E-state index in [4.69, 9.17) is 14.3 Å². The van der Waals surface area contributed by atoms with Crippen molar-refractivity contribution in [3.63, 3.8) is 0 Å². The maximum Gasteiger partial charge on any atom is 0.343 e. The molecule has 138 valence electrons. The summed E-state index contributed by atoms with van der Waals surface area (Å²) in [6, 6.07) is 12.2. The van der Waals surface area contributed by atoms with Crippen molar-refractivity contribution in [1.29, 1.82) is 0 Å². The summed E-state index contributed by atoms with van der Waals surface area (Å²) < 4.78 is 10.00. The van der Waals surface area contributed by atoms with E-state index in [-0.39, 0.29) is 28.9 Å². The van der Waals surface area contributed by atoms with Gasteiger partial charge in [-0.3, -0.25) is 4.79 Å². The van der Waals surface area contributed by atoms with Crippen LogP contribution in [-0.4, -0.2) is 29.3 Å². The van der Waals surface area contributed by atoms with Crippen molar-refractivity contribution >= 4 is 22.9 Å². The van der Waals surface area contributed by atoms with Gasteiger partial charge in [-0.1, -0.05) is 24.3 Å². The molecule has 0 fully saturated rings. The van der Waals surface area contributed by atoms with Crippen molar-refractivity contribution in [3.05, 3.63) is 75.6 Å². The minimum atomic E-state index is -1.10. The molecule has 0 aliphatic heterocycles. The molecule has 2 N–H and O–H groups in total. The van der Waals surface area contributed by atoms with Crippen molar-refractivity contribution in [2.45, 2.75) is 12.3 Å². The Morgan fingerprint density at radius 1 is 1.11 bits per heavy atom. The van der Waals surface area contributed by atoms with Crippen LogP contribution in [0.15, 0.2) is 57.7 Å². The van der Waals surface area contributed by atoms with Crippen LogP contribution in [0, 0.1) is 0 Å². The minimum absolute atomic E-state index is 0.0605. The number of hydrogen-bond acceptors (Lipinski definition) is 6. The van der Waals surface area contributed by atoms with Crippen molar-refractivity contribution in [2.75, 3.05) is 7.11 Å². The lowest BCUT2D eigenvalue weighted by Crippen LogP contribution is -2.18. The highest BCUT2D eigenvalue weighted by Crippen LogP contribution is 2.36. The van der Waals surface area contributed by atoms with Gasteiger partial charge in [0.25, 0.3) is 0 Å². The highest BCUT2D eigenvalue weighted by atomic mass is 16.5. The van der Waals surface area contributed by atoms with Crippen LogP contribution < -0.4 is 5.63 Å². The molecule has 0 saturated carbocycles. The maximum absolute atomic E-state index is 12.5. The van der Waals surface area contributed by atoms with Gasteiger partial charge in [-0.25, -0.2) is 9.59 Å². The molecule has 0 radical (unpaired) electrons. The van der Waals surface area contributed by atoms with E-state index in [9.17, 15) is 19.5 Å². The molecule has 0 aliphatic carbocycles. The van der Waals surface area contributed by atoms with Gasteiger partial charge >= 0.3 is 17.6 Å². The van der Waals surface area contributed by atoms with Gasteiger partial charge < -0.3 is 19.4 Å². The second kappa shape index (κ2) is 7.33. The predicted octanol–water partition coefficient (Wildman–Crippen LogP) is 2.89. The standard InChI is InChI=1S/C20H16O7/c1-26-16(21)10-14(11-6-8-12(9-7-11)19(23)24)17-18(22)13-4-2-3-5-15(13)27-20(17)25/h2-9,14,22H,10H2,1H3,(H,23,24)/t14-/m0/s1. The summed E-state index contributed by atoms with van der Waals surface area (Å²) in [6.45, 7) is 0. The Balaban J connectivity index is 2.19. The zero-order chi connectivity index (χ0) is 19.6. The summed E-state index contributed by atoms with van der Waals surface area (Å²) in [7, 11) is 1.22. The lowest BCUT2D eigenvalue weighted by Gasteiger charge is -2.17. The number of para-hydroxylation sites is 1. The molecular weight excluding hydrogens is 352 g/mol. The maximum atomic E-state index is 12.5. The molecule has 7 heteroatoms. The zero-order valence-corrected chi connectivity index (χ0v) is 14.3. The molecule has 7 nitrogen and oxygen atoms in total. The van der Waals surface area contributed by atoms with E-state index in [1.165, 1.54) is 31.4 Å². The Hall–Kier alpha value is -3.61. The summed E-state index contributed by atoms with van der Waals surface area (Å²) >= 11 is 0. The molecule has 3 rings (SSSR count). The highest BCUT2D eigenvalue weighted by molar-refractivity contribution is 5.88. The fraction of sp³-hybridized carbons (Fsp3) is 0.150. The van der Waals surface area contributed by atoms with Gasteiger partial charge in [-0.05, 0) is 29.8 Å². The minimum Gasteiger partial charge on any atom is -0.507 e. The van der Waals surface area contributed by atoms with Gasteiger partial charge in [0.15, 0.2) is 0 Å². The number of aromatic carboxylic acids is 1. The van der Waals surface area contributed by atoms with E-state index in [1.54, 1.807) is 24.3 Å². The number of rotatable bonds is 5. The largest absolute Gasteiger partial charge is 0.507 e. The van der Waals surface area contributed by atoms with Crippen LogP contribution >= 0.6 is 0 Å². The molecule has 1 aromatic heterocycles. The van der Waals surface area contributed by atoms with Crippen molar-refractivity contribution < 1.29 is 29.0 Å². The lowest BCUT2D eigenvalue weighted by molar-refractivity contribution is -0.140. The van der Waals surface area contributed by atoms with Gasteiger partial charge in [0.1, 0.15) is 11.3 Å². The lowest BCUT2D eigenvalue weighted by atomic mass is 9.88. The van der Waals surface area contributed by atoms with Crippen molar-refractivity contribution in [3.8, 4) is 5.75 Å². The van der Waals surface area contributed by atoms with Gasteiger partial charge in [0.05, 0.1) is 30.0 Å². The van der Waals surface area contributed by atoms with E-state index in [0.29, 0.717) is 10.9 Å². The topological polar surface area (TPSA) is 114 Å². The van der Waals surface area contributed by atoms with Crippen LogP contribution in [0.2, 0.25) is 0 Å². The quantitative estimate of drug-likeness (QED) is 0.526. The molecule has 1 heterocycles. The molecule has 27 heavy (non-hydrogen) atoms. The third-order valence-corrected chi connectivity index (χ3v) is 4.33. The Bertz CT molecular complexity index is 1060. The fourth-order valence-electron chi connectivity index (χ4n) is 2.95. The van der Waals surface area contributed by atoms with E-state index in [1.807, 2.05) is 0 Å². The SMILES string of the molecule is COC(=O)C[C@@H](c1ccc(C(=O)O)cc1)c1c(O)c2ccccc2oc1=O. The second-order valence-electron chi connectivity index (χ2n) is 5.91. The van der Waals surface area contributed by atoms with E-state index in [2.05, 4.69) is 0 Å². The van der Waals surface area contributed by atoms with Crippen molar-refractivity contribution in [2.24, 2.45) is 0 Å². The highest BCUT2D eigenvalue weighted by Gasteiger charge is 2.27. The second-order valence-corrected chi connectivity index (χ2v) is 5.91. The molecule has 0 bridgehead atoms. The average Bonchev–Trinajstić information content (AvgIpc) is 2.67. The number of ether oxygens (including phenoxy) is 1. The van der Waals surface area contributed by atoms with Crippen LogP contribution in [0.3, 0.4) is 0 Å². The van der Waals surface area contributed by atoms with Crippen LogP contribution in [0.5, 0.6) is 5.75 Å². The van der Waals surface area contributed by atoms with Crippen LogP contribution in [0.1, 0.15) is 33.8 Å². The molecule has 0 spiro atoms. The molecule has 0 amide bonds. The number of carboxylic acids is 1. The number of fused-ring (bicyclic) bond motifs is 1. The molecule has 1 atom stereocenters. The molecule has 0 saturated heterocycles. The van der Waals surface area contributed by atoms with Gasteiger partial charge in [0.2, 0.25) is 0 Å². The first-order valence-corrected chi connectivity index (χ1v) is 8.07. The summed E-state index contributed by atoms with van der Waals surface area (Å²) in [5.74, 6) is -2.83. The molecular formula is C20H16O7. The average molecular weight is 368 g/mol. The molecule has 0 aliphatic rings. The summed E-state index contributed by atoms with van der Waals surface area (Å²) in [5.41, 5.74) is -0.0972. The summed E-state index contributed by atoms with van der Waals surface area (Å²) in [5, 5.41) is 20.1. The number of hydrogen-bond donors (Lipinski definition) is 2. The fourth-order valence-corrected chi connectivity index (χ4v) is 2.95. The Kier molecular flexibility index (Phi) is 4.94. The third kappa shape index (κ3) is 3.52. The Morgan fingerprint density at radius 3 is 2.41 bits per heavy atom. The molecule has 2 aromatic carbocycles. The van der Waals surface area contributed by atoms with Gasteiger partial charge in [-0.15, -0.1) is 0 Å². The van der Waals surface area contributed by atoms with Crippen LogP contribution in [0.4, 0.5) is 0 Å². The number of methoxy groups -OCH3 is 1. The normalized spacial score (nSPS) is 11.9. The number of esters is 1. The zero-order valence-electron chi connectivity index (χ0n) is 14.3. The Morgan fingerprint density at radius 2 is 1.78 bits per heavy atom. The van der Waals surface area contributed by atoms with Crippen molar-refractivity contribution in [1.82, 2.24) is 0 Å². The van der Waals surface area contributed by atoms with Crippen LogP contribution in [0.25, 0.3) is 11.0 Å². The number of carboxylic acid groups (broad SMARTS) is 1. The first-order chi connectivity index (χ1) is 12.9. The van der Waals surface area contributed by atoms with E-state index < -0.39 is 23.5 Å².